The number of halogens is 5. The Balaban J connectivity index is 0.000000609. The number of carbonyl (C=O) groups is 2. The number of ether oxygens (including phenoxy) is 3. The third-order valence-corrected chi connectivity index (χ3v) is 6.02. The van der Waals surface area contributed by atoms with Gasteiger partial charge in [0.2, 0.25) is 0 Å². The second-order valence-electron chi connectivity index (χ2n) is 9.73. The van der Waals surface area contributed by atoms with Crippen LogP contribution in [0, 0.1) is 20.8 Å². The first-order valence-electron chi connectivity index (χ1n) is 13.6. The van der Waals surface area contributed by atoms with Gasteiger partial charge in [0.05, 0.1) is 18.8 Å². The molecule has 5 nitrogen and oxygen atoms in total. The Labute approximate surface area is 248 Å². The van der Waals surface area contributed by atoms with Crippen LogP contribution in [0.2, 0.25) is 0 Å². The lowest BCUT2D eigenvalue weighted by Gasteiger charge is -2.19. The minimum atomic E-state index is -5.59. The van der Waals surface area contributed by atoms with E-state index in [-0.39, 0.29) is 23.7 Å². The van der Waals surface area contributed by atoms with Gasteiger partial charge in [0, 0.05) is 12.5 Å². The van der Waals surface area contributed by atoms with Crippen LogP contribution in [0.1, 0.15) is 58.8 Å². The van der Waals surface area contributed by atoms with Gasteiger partial charge in [-0.15, -0.1) is 0 Å². The maximum absolute atomic E-state index is 12.9. The van der Waals surface area contributed by atoms with Crippen molar-refractivity contribution >= 4 is 18.0 Å². The minimum Gasteiger partial charge on any atom is -0.494 e. The van der Waals surface area contributed by atoms with Crippen LogP contribution in [-0.2, 0) is 9.53 Å². The summed E-state index contributed by atoms with van der Waals surface area (Å²) in [6.45, 7) is 8.28. The van der Waals surface area contributed by atoms with E-state index in [2.05, 4.69) is 39.0 Å². The van der Waals surface area contributed by atoms with Gasteiger partial charge in [-0.3, -0.25) is 0 Å². The molecule has 0 aromatic heterocycles. The Morgan fingerprint density at radius 2 is 1.42 bits per heavy atom. The molecule has 0 unspecified atom stereocenters. The first-order chi connectivity index (χ1) is 20.2. The second kappa shape index (κ2) is 16.4. The Morgan fingerprint density at radius 3 is 1.98 bits per heavy atom. The number of carbonyl (C=O) groups excluding carboxylic acids is 2. The first-order valence-corrected chi connectivity index (χ1v) is 13.6. The summed E-state index contributed by atoms with van der Waals surface area (Å²) < 4.78 is 77.4. The molecule has 3 aromatic rings. The van der Waals surface area contributed by atoms with Crippen molar-refractivity contribution < 1.29 is 45.8 Å². The molecule has 0 saturated heterocycles. The largest absolute Gasteiger partial charge is 0.494 e. The molecule has 0 saturated carbocycles. The zero-order chi connectivity index (χ0) is 32.0. The second-order valence-corrected chi connectivity index (χ2v) is 9.73. The summed E-state index contributed by atoms with van der Waals surface area (Å²) in [6, 6.07) is 18.4. The molecular weight excluding hydrogens is 571 g/mol. The monoisotopic (exact) mass is 606 g/mol. The Hall–Kier alpha value is -4.21. The van der Waals surface area contributed by atoms with Crippen LogP contribution in [0.5, 0.6) is 11.5 Å². The van der Waals surface area contributed by atoms with E-state index >= 15 is 0 Å². The summed E-state index contributed by atoms with van der Waals surface area (Å²) in [7, 11) is 0. The molecule has 0 aliphatic carbocycles. The Morgan fingerprint density at radius 1 is 0.791 bits per heavy atom. The van der Waals surface area contributed by atoms with E-state index in [9.17, 15) is 31.5 Å². The van der Waals surface area contributed by atoms with Gasteiger partial charge < -0.3 is 14.2 Å². The molecule has 0 aliphatic heterocycles. The summed E-state index contributed by atoms with van der Waals surface area (Å²) in [5, 5.41) is 0. The van der Waals surface area contributed by atoms with E-state index in [0.717, 1.165) is 6.42 Å². The van der Waals surface area contributed by atoms with Crippen molar-refractivity contribution in [3.8, 4) is 11.5 Å². The SMILES string of the molecule is CCCOC(=O)/C=C/c1ccc(OC(=O)c2ccc(OCCCC(F)(F)C(F)(F)F)cc2)cc1.Cc1ccc(C)c(C)c1. The van der Waals surface area contributed by atoms with Crippen LogP contribution in [-0.4, -0.2) is 37.3 Å². The van der Waals surface area contributed by atoms with E-state index in [0.29, 0.717) is 12.2 Å². The molecule has 43 heavy (non-hydrogen) atoms. The number of rotatable bonds is 11. The van der Waals surface area contributed by atoms with Crippen LogP contribution < -0.4 is 9.47 Å². The third-order valence-electron chi connectivity index (χ3n) is 6.02. The molecule has 0 fully saturated rings. The highest BCUT2D eigenvalue weighted by Gasteiger charge is 2.56. The molecule has 0 heterocycles. The average molecular weight is 607 g/mol. The molecule has 10 heteroatoms. The molecule has 3 rings (SSSR count). The highest BCUT2D eigenvalue weighted by Crippen LogP contribution is 2.38. The quantitative estimate of drug-likeness (QED) is 0.0718. The standard InChI is InChI=1S/C24H23F5O5.C9H12/c1-2-15-33-21(30)13-6-17-4-9-20(10-5-17)34-22(31)18-7-11-19(12-8-18)32-16-3-14-23(25,26)24(27,28)29;1-7-4-5-8(2)9(3)6-7/h4-13H,2-3,14-16H2,1H3;4-6H,1-3H3/b13-6+;. The van der Waals surface area contributed by atoms with Crippen LogP contribution in [0.3, 0.4) is 0 Å². The number of esters is 2. The van der Waals surface area contributed by atoms with Crippen molar-refractivity contribution in [2.45, 2.75) is 59.1 Å². The number of hydrogen-bond donors (Lipinski definition) is 0. The summed E-state index contributed by atoms with van der Waals surface area (Å²) in [4.78, 5) is 23.7. The van der Waals surface area contributed by atoms with Crippen LogP contribution in [0.15, 0.2) is 72.8 Å². The van der Waals surface area contributed by atoms with Crippen LogP contribution in [0.25, 0.3) is 6.08 Å². The molecule has 0 amide bonds. The van der Waals surface area contributed by atoms with E-state index in [4.69, 9.17) is 14.2 Å². The Bertz CT molecular complexity index is 1350. The van der Waals surface area contributed by atoms with Gasteiger partial charge in [-0.05, 0) is 92.8 Å². The van der Waals surface area contributed by atoms with Crippen molar-refractivity contribution in [3.63, 3.8) is 0 Å². The smallest absolute Gasteiger partial charge is 0.453 e. The van der Waals surface area contributed by atoms with Gasteiger partial charge in [0.15, 0.2) is 0 Å². The van der Waals surface area contributed by atoms with Crippen molar-refractivity contribution in [2.75, 3.05) is 13.2 Å². The highest BCUT2D eigenvalue weighted by atomic mass is 19.4. The highest BCUT2D eigenvalue weighted by molar-refractivity contribution is 5.91. The molecule has 0 N–H and O–H groups in total. The van der Waals surface area contributed by atoms with Gasteiger partial charge in [-0.2, -0.15) is 22.0 Å². The van der Waals surface area contributed by atoms with Crippen molar-refractivity contribution in [1.82, 2.24) is 0 Å². The lowest BCUT2D eigenvalue weighted by atomic mass is 10.1. The zero-order valence-corrected chi connectivity index (χ0v) is 24.5. The van der Waals surface area contributed by atoms with Gasteiger partial charge in [-0.1, -0.05) is 42.8 Å². The lowest BCUT2D eigenvalue weighted by molar-refractivity contribution is -0.284. The normalized spacial score (nSPS) is 11.5. The summed E-state index contributed by atoms with van der Waals surface area (Å²) in [5.74, 6) is -5.41. The zero-order valence-electron chi connectivity index (χ0n) is 24.5. The fourth-order valence-electron chi connectivity index (χ4n) is 3.43. The fourth-order valence-corrected chi connectivity index (χ4v) is 3.43. The molecule has 3 aromatic carbocycles. The number of hydrogen-bond acceptors (Lipinski definition) is 5. The van der Waals surface area contributed by atoms with Gasteiger partial charge in [0.1, 0.15) is 11.5 Å². The number of benzene rings is 3. The summed E-state index contributed by atoms with van der Waals surface area (Å²) in [5.41, 5.74) is 4.98. The molecule has 0 radical (unpaired) electrons. The Kier molecular flexibility index (Phi) is 13.4. The van der Waals surface area contributed by atoms with E-state index in [1.807, 2.05) is 6.92 Å². The minimum absolute atomic E-state index is 0.179. The van der Waals surface area contributed by atoms with E-state index in [1.165, 1.54) is 47.0 Å². The number of aryl methyl sites for hydroxylation is 3. The molecular formula is C33H35F5O5. The van der Waals surface area contributed by atoms with Crippen molar-refractivity contribution in [1.29, 1.82) is 0 Å². The lowest BCUT2D eigenvalue weighted by Crippen LogP contribution is -2.36. The topological polar surface area (TPSA) is 61.8 Å². The average Bonchev–Trinajstić information content (AvgIpc) is 2.96. The number of alkyl halides is 5. The summed E-state index contributed by atoms with van der Waals surface area (Å²) >= 11 is 0. The van der Waals surface area contributed by atoms with Crippen LogP contribution >= 0.6 is 0 Å². The fraction of sp³-hybridized carbons (Fsp3) is 0.333. The molecule has 0 atom stereocenters. The first kappa shape index (κ1) is 35.0. The molecule has 0 aliphatic rings. The maximum Gasteiger partial charge on any atom is 0.453 e. The van der Waals surface area contributed by atoms with Crippen molar-refractivity contribution in [2.24, 2.45) is 0 Å². The van der Waals surface area contributed by atoms with Gasteiger partial charge >= 0.3 is 24.0 Å². The van der Waals surface area contributed by atoms with Crippen molar-refractivity contribution in [3.05, 3.63) is 101 Å². The van der Waals surface area contributed by atoms with Crippen LogP contribution in [0.4, 0.5) is 22.0 Å². The predicted octanol–water partition coefficient (Wildman–Crippen LogP) is 8.84. The summed E-state index contributed by atoms with van der Waals surface area (Å²) in [6.07, 6.45) is -3.88. The predicted molar refractivity (Wildman–Crippen MR) is 155 cm³/mol. The molecule has 232 valence electrons. The molecule has 0 spiro atoms. The maximum atomic E-state index is 12.9. The van der Waals surface area contributed by atoms with Gasteiger partial charge in [0.25, 0.3) is 0 Å². The van der Waals surface area contributed by atoms with Gasteiger partial charge in [-0.25, -0.2) is 9.59 Å². The van der Waals surface area contributed by atoms with E-state index < -0.39 is 36.9 Å². The van der Waals surface area contributed by atoms with E-state index in [1.54, 1.807) is 30.3 Å². The molecule has 0 bridgehead atoms. The third kappa shape index (κ3) is 12.3.